The Balaban J connectivity index is 0.000000198. The number of aromatic nitrogens is 8. The molecule has 3 N–H and O–H groups in total. The van der Waals surface area contributed by atoms with Crippen molar-refractivity contribution in [2.45, 2.75) is 151 Å². The van der Waals surface area contributed by atoms with Crippen LogP contribution in [0.25, 0.3) is 22.8 Å². The normalized spacial score (nSPS) is 18.9. The molecular weight excluding hydrogens is 869 g/mol. The van der Waals surface area contributed by atoms with Gasteiger partial charge in [0, 0.05) is 24.2 Å². The van der Waals surface area contributed by atoms with E-state index in [-0.39, 0.29) is 28.0 Å². The summed E-state index contributed by atoms with van der Waals surface area (Å²) in [5.74, 6) is 2.16. The first-order valence-corrected chi connectivity index (χ1v) is 26.5. The van der Waals surface area contributed by atoms with E-state index >= 15 is 0 Å². The van der Waals surface area contributed by atoms with E-state index < -0.39 is 25.6 Å². The Hall–Kier alpha value is -4.37. The van der Waals surface area contributed by atoms with Gasteiger partial charge < -0.3 is 15.0 Å². The van der Waals surface area contributed by atoms with E-state index in [0.29, 0.717) is 55.0 Å². The van der Waals surface area contributed by atoms with E-state index in [1.165, 1.54) is 78.3 Å². The zero-order valence-electron chi connectivity index (χ0n) is 38.7. The van der Waals surface area contributed by atoms with Gasteiger partial charge in [-0.05, 0) is 144 Å². The molecule has 2 saturated heterocycles. The number of nitrogens with zero attached hydrogens (tertiary/aromatic N) is 9. The summed E-state index contributed by atoms with van der Waals surface area (Å²) in [4.78, 5) is 17.9. The third-order valence-corrected chi connectivity index (χ3v) is 16.0. The third kappa shape index (κ3) is 12.8. The lowest BCUT2D eigenvalue weighted by Crippen LogP contribution is -2.42. The van der Waals surface area contributed by atoms with E-state index in [9.17, 15) is 21.6 Å². The summed E-state index contributed by atoms with van der Waals surface area (Å²) in [5, 5.41) is 29.9. The zero-order chi connectivity index (χ0) is 46.2. The Morgan fingerprint density at radius 1 is 0.662 bits per heavy atom. The number of nitrogens with one attached hydrogen (secondary N) is 3. The van der Waals surface area contributed by atoms with Crippen molar-refractivity contribution in [1.82, 2.24) is 60.1 Å². The number of carbonyl (C=O) groups excluding carboxylic acids is 1. The number of ether oxygens (including phenoxy) is 1. The fourth-order valence-corrected chi connectivity index (χ4v) is 11.0. The first-order chi connectivity index (χ1) is 31.1. The van der Waals surface area contributed by atoms with Crippen LogP contribution in [0.3, 0.4) is 0 Å². The molecule has 4 fully saturated rings. The van der Waals surface area contributed by atoms with E-state index in [4.69, 9.17) is 4.74 Å². The van der Waals surface area contributed by atoms with Crippen molar-refractivity contribution in [3.8, 4) is 22.8 Å². The van der Waals surface area contributed by atoms with Crippen LogP contribution in [0, 0.1) is 11.8 Å². The van der Waals surface area contributed by atoms with E-state index in [1.807, 2.05) is 32.9 Å². The molecule has 1 amide bonds. The van der Waals surface area contributed by atoms with Gasteiger partial charge in [0.1, 0.15) is 5.60 Å². The Labute approximate surface area is 384 Å². The number of benzene rings is 2. The highest BCUT2D eigenvalue weighted by Gasteiger charge is 2.30. The highest BCUT2D eigenvalue weighted by Crippen LogP contribution is 2.34. The summed E-state index contributed by atoms with van der Waals surface area (Å²) in [5.41, 5.74) is 3.13. The second kappa shape index (κ2) is 21.5. The monoisotopic (exact) mass is 936 g/mol. The molecule has 18 nitrogen and oxygen atoms in total. The average molecular weight is 937 g/mol. The van der Waals surface area contributed by atoms with Crippen molar-refractivity contribution in [3.63, 3.8) is 0 Å². The van der Waals surface area contributed by atoms with Gasteiger partial charge in [0.25, 0.3) is 0 Å². The Bertz CT molecular complexity index is 2430. The number of amides is 1. The highest BCUT2D eigenvalue weighted by atomic mass is 32.2. The lowest BCUT2D eigenvalue weighted by molar-refractivity contribution is 0.0179. The van der Waals surface area contributed by atoms with Crippen molar-refractivity contribution < 1.29 is 26.4 Å². The molecule has 2 aliphatic carbocycles. The van der Waals surface area contributed by atoms with Crippen LogP contribution >= 0.6 is 0 Å². The molecule has 2 saturated carbocycles. The SMILES string of the molecule is CNS(=O)(=O)c1ccc(CC2CCCCC2)c(-c2nnn(C3CCN(C(=O)OC(C)(C)C)CC3)n2)c1.CNS(=O)(=O)c1ccc(CC2CCCCC2)c(-c2nnn(C3CCNCC3)n2)c1. The van der Waals surface area contributed by atoms with Gasteiger partial charge in [0.05, 0.1) is 21.9 Å². The zero-order valence-corrected chi connectivity index (χ0v) is 40.3. The van der Waals surface area contributed by atoms with Crippen LogP contribution in [0.1, 0.15) is 134 Å². The molecule has 0 radical (unpaired) electrons. The van der Waals surface area contributed by atoms with Crippen molar-refractivity contribution in [3.05, 3.63) is 47.5 Å². The van der Waals surface area contributed by atoms with Gasteiger partial charge >= 0.3 is 6.09 Å². The minimum atomic E-state index is -3.60. The summed E-state index contributed by atoms with van der Waals surface area (Å²) < 4.78 is 60.0. The number of carbonyl (C=O) groups is 1. The van der Waals surface area contributed by atoms with Crippen LogP contribution in [0.2, 0.25) is 0 Å². The maximum absolute atomic E-state index is 12.5. The molecule has 4 heterocycles. The van der Waals surface area contributed by atoms with Crippen LogP contribution in [-0.4, -0.2) is 114 Å². The average Bonchev–Trinajstić information content (AvgIpc) is 4.02. The lowest BCUT2D eigenvalue weighted by Gasteiger charge is -2.32. The van der Waals surface area contributed by atoms with E-state index in [0.717, 1.165) is 55.5 Å². The molecule has 2 aromatic heterocycles. The van der Waals surface area contributed by atoms with Crippen molar-refractivity contribution in [1.29, 1.82) is 0 Å². The van der Waals surface area contributed by atoms with Gasteiger partial charge in [-0.15, -0.1) is 20.4 Å². The van der Waals surface area contributed by atoms with Gasteiger partial charge in [-0.25, -0.2) is 31.1 Å². The number of rotatable bonds is 12. The molecule has 2 aliphatic heterocycles. The van der Waals surface area contributed by atoms with Crippen LogP contribution in [0.4, 0.5) is 4.79 Å². The fourth-order valence-electron chi connectivity index (χ4n) is 9.48. The Kier molecular flexibility index (Phi) is 16.1. The molecule has 65 heavy (non-hydrogen) atoms. The molecule has 356 valence electrons. The van der Waals surface area contributed by atoms with Gasteiger partial charge in [0.15, 0.2) is 0 Å². The summed E-state index contributed by atoms with van der Waals surface area (Å²) in [7, 11) is -4.30. The molecule has 0 atom stereocenters. The highest BCUT2D eigenvalue weighted by molar-refractivity contribution is 7.89. The minimum absolute atomic E-state index is 0.0101. The molecule has 20 heteroatoms. The number of likely N-dealkylation sites (tertiary alicyclic amines) is 1. The van der Waals surface area contributed by atoms with Crippen LogP contribution in [-0.2, 0) is 37.6 Å². The van der Waals surface area contributed by atoms with Crippen LogP contribution in [0.15, 0.2) is 46.2 Å². The molecule has 2 aromatic carbocycles. The van der Waals surface area contributed by atoms with E-state index in [1.54, 1.807) is 38.8 Å². The predicted molar refractivity (Wildman–Crippen MR) is 247 cm³/mol. The van der Waals surface area contributed by atoms with Crippen molar-refractivity contribution >= 4 is 26.1 Å². The Morgan fingerprint density at radius 2 is 1.09 bits per heavy atom. The van der Waals surface area contributed by atoms with E-state index in [2.05, 4.69) is 45.6 Å². The first kappa shape index (κ1) is 48.6. The molecule has 0 spiro atoms. The topological polar surface area (TPSA) is 221 Å². The number of hydrogen-bond acceptors (Lipinski definition) is 13. The summed E-state index contributed by atoms with van der Waals surface area (Å²) in [6.45, 7) is 8.58. The summed E-state index contributed by atoms with van der Waals surface area (Å²) in [6.07, 6.45) is 17.3. The molecule has 8 rings (SSSR count). The van der Waals surface area contributed by atoms with Gasteiger partial charge in [-0.2, -0.15) is 9.59 Å². The number of hydrogen-bond donors (Lipinski definition) is 3. The molecule has 4 aromatic rings. The third-order valence-electron chi connectivity index (χ3n) is 13.2. The number of sulfonamides is 2. The fraction of sp³-hybridized carbons (Fsp3) is 0.667. The predicted octanol–water partition coefficient (Wildman–Crippen LogP) is 6.24. The van der Waals surface area contributed by atoms with Gasteiger partial charge in [0.2, 0.25) is 31.7 Å². The first-order valence-electron chi connectivity index (χ1n) is 23.5. The molecule has 0 bridgehead atoms. The van der Waals surface area contributed by atoms with Gasteiger partial charge in [-0.3, -0.25) is 0 Å². The standard InChI is InChI=1S/C25H38N6O4S.C20H30N6O2S/c1-25(2,3)35-24(32)30-14-12-20(13-15-30)31-28-23(27-29-31)22-17-21(36(33,34)26-4)11-10-19(22)16-18-8-6-5-7-9-18;1-21-29(27,28)18-8-7-16(13-15-5-3-2-4-6-15)19(14-18)20-23-25-26(24-20)17-9-11-22-12-10-17/h10-11,17-18,20,26H,5-9,12-16H2,1-4H3;7-8,14-15,17,21-22H,2-6,9-13H2,1H3. The lowest BCUT2D eigenvalue weighted by atomic mass is 9.84. The minimum Gasteiger partial charge on any atom is -0.444 e. The quantitative estimate of drug-likeness (QED) is 0.143. The second-order valence-corrected chi connectivity index (χ2v) is 22.8. The molecule has 4 aliphatic rings. The number of tetrazole rings is 2. The second-order valence-electron chi connectivity index (χ2n) is 19.0. The number of piperidine rings is 2. The van der Waals surface area contributed by atoms with Crippen LogP contribution in [0.5, 0.6) is 0 Å². The smallest absolute Gasteiger partial charge is 0.410 e. The molecular formula is C45H68N12O6S2. The molecule has 0 unspecified atom stereocenters. The van der Waals surface area contributed by atoms with Gasteiger partial charge in [-0.1, -0.05) is 76.3 Å². The summed E-state index contributed by atoms with van der Waals surface area (Å²) >= 11 is 0. The van der Waals surface area contributed by atoms with Crippen molar-refractivity contribution in [2.75, 3.05) is 40.3 Å². The Morgan fingerprint density at radius 3 is 1.51 bits per heavy atom. The van der Waals surface area contributed by atoms with Crippen molar-refractivity contribution in [2.24, 2.45) is 11.8 Å². The largest absolute Gasteiger partial charge is 0.444 e. The maximum Gasteiger partial charge on any atom is 0.410 e. The maximum atomic E-state index is 12.5. The van der Waals surface area contributed by atoms with Crippen LogP contribution < -0.4 is 14.8 Å². The summed E-state index contributed by atoms with van der Waals surface area (Å²) in [6, 6.07) is 10.8.